The third-order valence-corrected chi connectivity index (χ3v) is 0.868. The third-order valence-electron chi connectivity index (χ3n) is 0.269. The molecule has 0 aromatic carbocycles. The summed E-state index contributed by atoms with van der Waals surface area (Å²) in [6, 6.07) is 0. The summed E-state index contributed by atoms with van der Waals surface area (Å²) in [5.74, 6) is -0.370. The van der Waals surface area contributed by atoms with Crippen LogP contribution in [0, 0.1) is 4.20 Å². The predicted octanol–water partition coefficient (Wildman–Crippen LogP) is 2.00. The number of carbonyl (C=O) groups excluding carboxylic acids is 1. The summed E-state index contributed by atoms with van der Waals surface area (Å²) in [5, 5.41) is 25.6. The summed E-state index contributed by atoms with van der Waals surface area (Å²) in [6.07, 6.45) is 0. The van der Waals surface area contributed by atoms with Gasteiger partial charge in [-0.15, -0.1) is 0 Å². The van der Waals surface area contributed by atoms with E-state index in [1.165, 1.54) is 7.11 Å². The van der Waals surface area contributed by atoms with E-state index in [0.717, 1.165) is 19.2 Å². The Bertz CT molecular complexity index is 241. The van der Waals surface area contributed by atoms with E-state index in [2.05, 4.69) is 8.94 Å². The van der Waals surface area contributed by atoms with Gasteiger partial charge in [0, 0.05) is 0 Å². The summed E-state index contributed by atoms with van der Waals surface area (Å²) in [6.45, 7) is 15.7. The van der Waals surface area contributed by atoms with Crippen molar-refractivity contribution >= 4 is 5.97 Å². The van der Waals surface area contributed by atoms with E-state index in [0.29, 0.717) is 0 Å². The monoisotopic (exact) mass is 477 g/mol. The summed E-state index contributed by atoms with van der Waals surface area (Å²) in [7, 11) is 1.33. The van der Waals surface area contributed by atoms with Gasteiger partial charge in [0.25, 0.3) is 0 Å². The fourth-order valence-corrected chi connectivity index (χ4v) is 0.341. The van der Waals surface area contributed by atoms with Crippen LogP contribution in [0.1, 0.15) is 62.3 Å². The minimum absolute atomic E-state index is 0.370. The predicted molar refractivity (Wildman–Crippen MR) is 81.8 cm³/mol. The van der Waals surface area contributed by atoms with Gasteiger partial charge in [-0.25, -0.2) is 0 Å². The second-order valence-electron chi connectivity index (χ2n) is 7.11. The Labute approximate surface area is 140 Å². The van der Waals surface area contributed by atoms with Crippen LogP contribution in [0.25, 0.3) is 0 Å². The molecule has 0 spiro atoms. The zero-order valence-corrected chi connectivity index (χ0v) is 18.0. The van der Waals surface area contributed by atoms with Crippen molar-refractivity contribution in [1.29, 1.82) is 0 Å². The molecule has 0 aliphatic heterocycles. The molecule has 0 saturated heterocycles. The van der Waals surface area contributed by atoms with Crippen molar-refractivity contribution in [3.05, 3.63) is 0 Å². The van der Waals surface area contributed by atoms with Gasteiger partial charge in [-0.2, -0.15) is 0 Å². The van der Waals surface area contributed by atoms with Crippen LogP contribution < -0.4 is 0 Å². The molecule has 0 aromatic rings. The minimum atomic E-state index is -0.500. The van der Waals surface area contributed by atoms with Crippen molar-refractivity contribution in [1.82, 2.24) is 0 Å². The van der Waals surface area contributed by atoms with Gasteiger partial charge in [-0.05, 0) is 62.3 Å². The number of hydrogen-bond donors (Lipinski definition) is 3. The van der Waals surface area contributed by atoms with Gasteiger partial charge in [-0.1, -0.05) is 0 Å². The van der Waals surface area contributed by atoms with Gasteiger partial charge in [0.2, 0.25) is 0 Å². The molecule has 0 bridgehead atoms. The quantitative estimate of drug-likeness (QED) is 0.465. The summed E-state index contributed by atoms with van der Waals surface area (Å²) >= 11 is 0.997. The second kappa shape index (κ2) is 13.5. The zero-order valence-electron chi connectivity index (χ0n) is 15.1. The number of carbonyl (C=O) groups is 1. The van der Waals surface area contributed by atoms with Crippen LogP contribution in [0.3, 0.4) is 0 Å². The number of hydrogen-bond acceptors (Lipinski definition) is 5. The number of aliphatic hydroxyl groups is 3. The van der Waals surface area contributed by atoms with Crippen LogP contribution in [0.2, 0.25) is 0 Å². The first-order valence-corrected chi connectivity index (χ1v) is 7.91. The number of methoxy groups -OCH3 is 1. The molecule has 129 valence electrons. The van der Waals surface area contributed by atoms with Crippen LogP contribution in [0.15, 0.2) is 0 Å². The van der Waals surface area contributed by atoms with E-state index >= 15 is 0 Å². The maximum atomic E-state index is 9.87. The van der Waals surface area contributed by atoms with Crippen LogP contribution in [0.5, 0.6) is 0 Å². The van der Waals surface area contributed by atoms with Gasteiger partial charge < -0.3 is 15.3 Å². The Morgan fingerprint density at radius 2 is 0.952 bits per heavy atom. The SMILES string of the molecule is CC(C)(C)O.CC(C)(C)O.CC(C)(C)O.COC(=O)[C]#[W]. The molecule has 0 aliphatic rings. The van der Waals surface area contributed by atoms with E-state index in [1.807, 2.05) is 0 Å². The Kier molecular flexibility index (Phi) is 18.6. The molecule has 0 heterocycles. The standard InChI is InChI=1S/3C4H10O.C3H3O2.W/c3*1-4(2,3)5;1-3(4)5-2;/h3*5H,1-3H3;2H3;. The normalized spacial score (nSPS) is 10.3. The average molecular weight is 477 g/mol. The first-order valence-electron chi connectivity index (χ1n) is 6.44. The molecule has 3 N–H and O–H groups in total. The number of esters is 1. The Balaban J connectivity index is -0.0000000921. The Hall–Kier alpha value is -0.182. The molecule has 0 aliphatic carbocycles. The molecule has 0 aromatic heterocycles. The van der Waals surface area contributed by atoms with E-state index in [4.69, 9.17) is 15.3 Å². The molecule has 21 heavy (non-hydrogen) atoms. The van der Waals surface area contributed by atoms with Crippen molar-refractivity contribution in [3.8, 4) is 4.20 Å². The number of ether oxygens (including phenoxy) is 1. The third kappa shape index (κ3) is 432. The first-order chi connectivity index (χ1) is 8.81. The molecule has 0 fully saturated rings. The van der Waals surface area contributed by atoms with Gasteiger partial charge in [0.15, 0.2) is 0 Å². The fraction of sp³-hybridized carbons (Fsp3) is 0.867. The summed E-state index contributed by atoms with van der Waals surface area (Å²) in [4.78, 5) is 9.87. The van der Waals surface area contributed by atoms with Gasteiger partial charge >= 0.3 is 46.0 Å². The molecule has 6 heteroatoms. The van der Waals surface area contributed by atoms with Gasteiger partial charge in [0.05, 0.1) is 16.8 Å². The Morgan fingerprint density at radius 3 is 0.952 bits per heavy atom. The first kappa shape index (κ1) is 28.9. The zero-order chi connectivity index (χ0) is 18.5. The van der Waals surface area contributed by atoms with Crippen LogP contribution in [-0.2, 0) is 28.7 Å². The van der Waals surface area contributed by atoms with Crippen molar-refractivity contribution < 1.29 is 44.0 Å². The topological polar surface area (TPSA) is 87.0 Å². The van der Waals surface area contributed by atoms with Gasteiger partial charge in [-0.3, -0.25) is 0 Å². The average Bonchev–Trinajstić information content (AvgIpc) is 2.08. The van der Waals surface area contributed by atoms with Crippen molar-refractivity contribution in [3.63, 3.8) is 0 Å². The van der Waals surface area contributed by atoms with Crippen LogP contribution in [0.4, 0.5) is 0 Å². The molecular weight excluding hydrogens is 444 g/mol. The van der Waals surface area contributed by atoms with E-state index in [9.17, 15) is 4.79 Å². The van der Waals surface area contributed by atoms with E-state index in [1.54, 1.807) is 62.3 Å². The van der Waals surface area contributed by atoms with Crippen LogP contribution in [-0.4, -0.2) is 45.2 Å². The molecular formula is C15H33O5W. The molecule has 0 amide bonds. The summed E-state index contributed by atoms with van der Waals surface area (Å²) in [5.41, 5.74) is -1.50. The molecule has 0 unspecified atom stereocenters. The Morgan fingerprint density at radius 1 is 0.810 bits per heavy atom. The molecule has 0 radical (unpaired) electrons. The molecule has 0 saturated carbocycles. The van der Waals surface area contributed by atoms with Crippen molar-refractivity contribution in [2.75, 3.05) is 7.11 Å². The summed E-state index contributed by atoms with van der Waals surface area (Å²) < 4.78 is 6.51. The van der Waals surface area contributed by atoms with Crippen LogP contribution >= 0.6 is 0 Å². The number of rotatable bonds is 0. The van der Waals surface area contributed by atoms with Crippen molar-refractivity contribution in [2.45, 2.75) is 79.1 Å². The second-order valence-corrected chi connectivity index (χ2v) is 7.84. The van der Waals surface area contributed by atoms with E-state index < -0.39 is 16.8 Å². The molecule has 5 nitrogen and oxygen atoms in total. The van der Waals surface area contributed by atoms with E-state index in [-0.39, 0.29) is 5.97 Å². The maximum absolute atomic E-state index is 9.87. The fourth-order valence-electron chi connectivity index (χ4n) is 0.0417. The molecule has 0 rings (SSSR count). The van der Waals surface area contributed by atoms with Crippen molar-refractivity contribution in [2.24, 2.45) is 0 Å². The molecule has 0 atom stereocenters. The van der Waals surface area contributed by atoms with Gasteiger partial charge in [0.1, 0.15) is 0 Å².